The second-order valence-corrected chi connectivity index (χ2v) is 9.30. The molecule has 1 aliphatic heterocycles. The number of halogens is 1. The lowest BCUT2D eigenvalue weighted by molar-refractivity contribution is -0.383. The number of nitrogens with one attached hydrogen (secondary N) is 1. The molecule has 1 fully saturated rings. The van der Waals surface area contributed by atoms with E-state index in [2.05, 4.69) is 89.6 Å². The molecule has 1 aliphatic rings. The lowest BCUT2D eigenvalue weighted by Crippen LogP contribution is -2.48. The summed E-state index contributed by atoms with van der Waals surface area (Å²) in [6.07, 6.45) is 2.97. The Labute approximate surface area is 217 Å². The first-order valence-corrected chi connectivity index (χ1v) is 12.4. The van der Waals surface area contributed by atoms with Gasteiger partial charge in [0.2, 0.25) is 11.6 Å². The third kappa shape index (κ3) is 5.19. The Hall–Kier alpha value is -3.89. The molecule has 0 bridgehead atoms. The zero-order valence-corrected chi connectivity index (χ0v) is 21.0. The van der Waals surface area contributed by atoms with E-state index < -0.39 is 4.92 Å². The molecule has 36 heavy (non-hydrogen) atoms. The molecule has 0 atom stereocenters. The van der Waals surface area contributed by atoms with Gasteiger partial charge in [-0.05, 0) is 39.2 Å². The zero-order valence-electron chi connectivity index (χ0n) is 19.4. The number of nitro groups is 1. The van der Waals surface area contributed by atoms with Crippen molar-refractivity contribution < 1.29 is 4.92 Å². The lowest BCUT2D eigenvalue weighted by Gasteiger charge is -2.40. The molecular weight excluding hydrogens is 522 g/mol. The average molecular weight is 546 g/mol. The fraction of sp³-hybridized carbons (Fsp3) is 0.192. The number of hydrogen-bond donors (Lipinski definition) is 1. The van der Waals surface area contributed by atoms with Crippen molar-refractivity contribution >= 4 is 39.1 Å². The molecule has 2 aromatic heterocycles. The van der Waals surface area contributed by atoms with Crippen LogP contribution in [-0.4, -0.2) is 51.0 Å². The van der Waals surface area contributed by atoms with Crippen LogP contribution in [0.2, 0.25) is 0 Å². The van der Waals surface area contributed by atoms with Crippen LogP contribution in [0.4, 0.5) is 23.1 Å². The second kappa shape index (κ2) is 10.8. The van der Waals surface area contributed by atoms with Crippen molar-refractivity contribution in [2.75, 3.05) is 36.4 Å². The zero-order chi connectivity index (χ0) is 24.9. The Kier molecular flexibility index (Phi) is 7.15. The Morgan fingerprint density at radius 3 is 2.06 bits per heavy atom. The molecule has 1 saturated heterocycles. The van der Waals surface area contributed by atoms with Crippen molar-refractivity contribution in [2.24, 2.45) is 0 Å². The topological polar surface area (TPSA) is 100 Å². The summed E-state index contributed by atoms with van der Waals surface area (Å²) in [5.41, 5.74) is 2.29. The standard InChI is InChI=1S/C26H24BrN7O2/c27-21-11-12-22(28-17-21)31-25-24(34(35)36)26(30-18-29-25)33-15-13-32(14-16-33)23(19-7-3-1-4-8-19)20-9-5-2-6-10-20/h1-12,17-18,23H,13-16H2,(H,28,29,30,31). The average Bonchev–Trinajstić information content (AvgIpc) is 2.91. The van der Waals surface area contributed by atoms with Crippen LogP contribution in [0, 0.1) is 10.1 Å². The van der Waals surface area contributed by atoms with Gasteiger partial charge in [0.15, 0.2) is 0 Å². The van der Waals surface area contributed by atoms with Gasteiger partial charge >= 0.3 is 5.69 Å². The maximum atomic E-state index is 12.1. The van der Waals surface area contributed by atoms with Crippen molar-refractivity contribution in [3.8, 4) is 0 Å². The van der Waals surface area contributed by atoms with Gasteiger partial charge in [-0.25, -0.2) is 15.0 Å². The SMILES string of the molecule is O=[N+]([O-])c1c(Nc2ccc(Br)cn2)ncnc1N1CCN(C(c2ccccc2)c2ccccc2)CC1. The molecule has 1 N–H and O–H groups in total. The van der Waals surface area contributed by atoms with Gasteiger partial charge in [0.1, 0.15) is 12.1 Å². The Morgan fingerprint density at radius 1 is 0.861 bits per heavy atom. The van der Waals surface area contributed by atoms with E-state index in [0.29, 0.717) is 24.7 Å². The predicted octanol–water partition coefficient (Wildman–Crippen LogP) is 5.20. The van der Waals surface area contributed by atoms with Crippen LogP contribution in [0.5, 0.6) is 0 Å². The van der Waals surface area contributed by atoms with Crippen molar-refractivity contribution in [1.82, 2.24) is 19.9 Å². The van der Waals surface area contributed by atoms with Gasteiger partial charge < -0.3 is 10.2 Å². The van der Waals surface area contributed by atoms with E-state index in [1.54, 1.807) is 18.3 Å². The van der Waals surface area contributed by atoms with Crippen LogP contribution in [0.1, 0.15) is 17.2 Å². The highest BCUT2D eigenvalue weighted by Crippen LogP contribution is 2.35. The van der Waals surface area contributed by atoms with Crippen LogP contribution in [0.15, 0.2) is 89.8 Å². The van der Waals surface area contributed by atoms with Crippen molar-refractivity contribution in [3.63, 3.8) is 0 Å². The maximum Gasteiger partial charge on any atom is 0.353 e. The minimum atomic E-state index is -0.431. The summed E-state index contributed by atoms with van der Waals surface area (Å²) in [5, 5.41) is 15.1. The third-order valence-electron chi connectivity index (χ3n) is 6.17. The first kappa shape index (κ1) is 23.8. The molecule has 9 nitrogen and oxygen atoms in total. The second-order valence-electron chi connectivity index (χ2n) is 8.39. The van der Waals surface area contributed by atoms with Gasteiger partial charge in [0.05, 0.1) is 11.0 Å². The number of aromatic nitrogens is 3. The predicted molar refractivity (Wildman–Crippen MR) is 142 cm³/mol. The summed E-state index contributed by atoms with van der Waals surface area (Å²) in [6, 6.07) is 24.5. The van der Waals surface area contributed by atoms with E-state index in [-0.39, 0.29) is 17.5 Å². The summed E-state index contributed by atoms with van der Waals surface area (Å²) in [7, 11) is 0. The number of rotatable bonds is 7. The van der Waals surface area contributed by atoms with Gasteiger partial charge in [-0.15, -0.1) is 0 Å². The fourth-order valence-electron chi connectivity index (χ4n) is 4.51. The quantitative estimate of drug-likeness (QED) is 0.250. The summed E-state index contributed by atoms with van der Waals surface area (Å²) in [5.74, 6) is 0.892. The number of pyridine rings is 1. The number of benzene rings is 2. The Bertz CT molecular complexity index is 1280. The molecule has 0 amide bonds. The molecule has 0 aliphatic carbocycles. The summed E-state index contributed by atoms with van der Waals surface area (Å²) < 4.78 is 0.813. The van der Waals surface area contributed by atoms with Crippen LogP contribution in [0.25, 0.3) is 0 Å². The number of anilines is 3. The first-order valence-electron chi connectivity index (χ1n) is 11.6. The van der Waals surface area contributed by atoms with Gasteiger partial charge in [-0.3, -0.25) is 15.0 Å². The van der Waals surface area contributed by atoms with Crippen LogP contribution in [-0.2, 0) is 0 Å². The minimum Gasteiger partial charge on any atom is -0.348 e. The van der Waals surface area contributed by atoms with Crippen LogP contribution in [0.3, 0.4) is 0 Å². The largest absolute Gasteiger partial charge is 0.353 e. The smallest absolute Gasteiger partial charge is 0.348 e. The fourth-order valence-corrected chi connectivity index (χ4v) is 4.74. The number of nitrogens with zero attached hydrogens (tertiary/aromatic N) is 6. The van der Waals surface area contributed by atoms with Gasteiger partial charge in [0, 0.05) is 36.8 Å². The summed E-state index contributed by atoms with van der Waals surface area (Å²) in [6.45, 7) is 2.66. The van der Waals surface area contributed by atoms with Crippen molar-refractivity contribution in [3.05, 3.63) is 111 Å². The molecule has 0 spiro atoms. The number of piperazine rings is 1. The van der Waals surface area contributed by atoms with E-state index in [4.69, 9.17) is 0 Å². The first-order chi connectivity index (χ1) is 17.6. The molecule has 182 valence electrons. The van der Waals surface area contributed by atoms with E-state index in [9.17, 15) is 10.1 Å². The highest BCUT2D eigenvalue weighted by atomic mass is 79.9. The summed E-state index contributed by atoms with van der Waals surface area (Å²) >= 11 is 3.34. The number of hydrogen-bond acceptors (Lipinski definition) is 8. The highest BCUT2D eigenvalue weighted by Gasteiger charge is 2.32. The minimum absolute atomic E-state index is 0.107. The molecule has 2 aromatic carbocycles. The highest BCUT2D eigenvalue weighted by molar-refractivity contribution is 9.10. The van der Waals surface area contributed by atoms with E-state index in [0.717, 1.165) is 17.6 Å². The molecule has 0 radical (unpaired) electrons. The molecule has 0 saturated carbocycles. The normalized spacial score (nSPS) is 14.1. The van der Waals surface area contributed by atoms with Gasteiger partial charge in [-0.2, -0.15) is 0 Å². The molecule has 3 heterocycles. The molecular formula is C26H24BrN7O2. The van der Waals surface area contributed by atoms with Crippen molar-refractivity contribution in [1.29, 1.82) is 0 Å². The van der Waals surface area contributed by atoms with Crippen LogP contribution >= 0.6 is 15.9 Å². The van der Waals surface area contributed by atoms with Crippen molar-refractivity contribution in [2.45, 2.75) is 6.04 Å². The lowest BCUT2D eigenvalue weighted by atomic mass is 9.96. The molecule has 10 heteroatoms. The van der Waals surface area contributed by atoms with E-state index in [1.807, 2.05) is 17.0 Å². The Morgan fingerprint density at radius 2 is 1.50 bits per heavy atom. The molecule has 4 aromatic rings. The van der Waals surface area contributed by atoms with E-state index in [1.165, 1.54) is 17.5 Å². The Balaban J connectivity index is 1.38. The monoisotopic (exact) mass is 545 g/mol. The molecule has 5 rings (SSSR count). The van der Waals surface area contributed by atoms with E-state index >= 15 is 0 Å². The summed E-state index contributed by atoms with van der Waals surface area (Å²) in [4.78, 5) is 28.7. The maximum absolute atomic E-state index is 12.1. The van der Waals surface area contributed by atoms with Gasteiger partial charge in [-0.1, -0.05) is 60.7 Å². The molecule has 0 unspecified atom stereocenters. The third-order valence-corrected chi connectivity index (χ3v) is 6.64. The van der Waals surface area contributed by atoms with Crippen LogP contribution < -0.4 is 10.2 Å². The van der Waals surface area contributed by atoms with Gasteiger partial charge in [0.25, 0.3) is 0 Å².